The number of benzene rings is 2. The minimum atomic E-state index is -0.431. The minimum Gasteiger partial charge on any atom is -0.398 e. The highest BCUT2D eigenvalue weighted by Gasteiger charge is 2.33. The molecule has 0 saturated heterocycles. The van der Waals surface area contributed by atoms with Gasteiger partial charge in [0, 0.05) is 16.8 Å². The molecule has 0 unspecified atom stereocenters. The van der Waals surface area contributed by atoms with Gasteiger partial charge in [0.1, 0.15) is 5.03 Å². The molecule has 0 aromatic heterocycles. The van der Waals surface area contributed by atoms with Gasteiger partial charge in [0.05, 0.1) is 11.1 Å². The fraction of sp³-hybridized carbons (Fsp3) is 0.0556. The standard InChI is InChI=1S/C18H12ClNO3/c1-9(21)10-5-7-11(8-6-10)14-16(19)17(22)12-3-2-4-13(20)15(12)18(14)23/h2-8H,20H2,1H3. The second-order valence-corrected chi connectivity index (χ2v) is 5.63. The van der Waals surface area contributed by atoms with Crippen LogP contribution in [0.25, 0.3) is 5.57 Å². The summed E-state index contributed by atoms with van der Waals surface area (Å²) < 4.78 is 0. The smallest absolute Gasteiger partial charge is 0.205 e. The predicted molar refractivity (Wildman–Crippen MR) is 88.7 cm³/mol. The van der Waals surface area contributed by atoms with Gasteiger partial charge in [-0.1, -0.05) is 48.0 Å². The number of carbonyl (C=O) groups excluding carboxylic acids is 3. The average molecular weight is 326 g/mol. The first-order valence-electron chi connectivity index (χ1n) is 6.91. The highest BCUT2D eigenvalue weighted by atomic mass is 35.5. The summed E-state index contributed by atoms with van der Waals surface area (Å²) in [5, 5.41) is -0.135. The van der Waals surface area contributed by atoms with Crippen molar-refractivity contribution in [2.24, 2.45) is 0 Å². The molecular formula is C18H12ClNO3. The Labute approximate surface area is 137 Å². The highest BCUT2D eigenvalue weighted by molar-refractivity contribution is 6.57. The Morgan fingerprint density at radius 3 is 2.26 bits per heavy atom. The van der Waals surface area contributed by atoms with E-state index in [0.717, 1.165) is 0 Å². The molecule has 2 aromatic rings. The lowest BCUT2D eigenvalue weighted by molar-refractivity contribution is 0.0998. The number of Topliss-reactive ketones (excluding diaryl/α,β-unsaturated/α-hetero) is 3. The van der Waals surface area contributed by atoms with E-state index in [-0.39, 0.29) is 33.2 Å². The van der Waals surface area contributed by atoms with Crippen molar-refractivity contribution in [3.05, 3.63) is 69.8 Å². The van der Waals surface area contributed by atoms with Gasteiger partial charge >= 0.3 is 0 Å². The number of ketones is 3. The summed E-state index contributed by atoms with van der Waals surface area (Å²) in [5.41, 5.74) is 7.59. The lowest BCUT2D eigenvalue weighted by Crippen LogP contribution is -2.20. The highest BCUT2D eigenvalue weighted by Crippen LogP contribution is 2.36. The number of nitrogens with two attached hydrogens (primary N) is 1. The zero-order chi connectivity index (χ0) is 16.7. The van der Waals surface area contributed by atoms with Crippen molar-refractivity contribution in [3.8, 4) is 0 Å². The quantitative estimate of drug-likeness (QED) is 0.677. The predicted octanol–water partition coefficient (Wildman–Crippen LogP) is 3.50. The van der Waals surface area contributed by atoms with Gasteiger partial charge < -0.3 is 5.73 Å². The molecule has 0 bridgehead atoms. The number of hydrogen-bond donors (Lipinski definition) is 1. The summed E-state index contributed by atoms with van der Waals surface area (Å²) >= 11 is 6.15. The van der Waals surface area contributed by atoms with Crippen LogP contribution in [-0.2, 0) is 0 Å². The first-order chi connectivity index (χ1) is 10.9. The average Bonchev–Trinajstić information content (AvgIpc) is 2.53. The van der Waals surface area contributed by atoms with Crippen molar-refractivity contribution in [1.82, 2.24) is 0 Å². The maximum Gasteiger partial charge on any atom is 0.205 e. The third kappa shape index (κ3) is 2.37. The third-order valence-corrected chi connectivity index (χ3v) is 4.16. The van der Waals surface area contributed by atoms with E-state index in [1.54, 1.807) is 36.4 Å². The summed E-state index contributed by atoms with van der Waals surface area (Å²) in [6, 6.07) is 11.1. The molecule has 3 rings (SSSR count). The maximum atomic E-state index is 12.8. The largest absolute Gasteiger partial charge is 0.398 e. The lowest BCUT2D eigenvalue weighted by Gasteiger charge is -2.19. The second-order valence-electron chi connectivity index (χ2n) is 5.25. The molecule has 0 radical (unpaired) electrons. The fourth-order valence-corrected chi connectivity index (χ4v) is 2.90. The zero-order valence-corrected chi connectivity index (χ0v) is 13.0. The molecule has 23 heavy (non-hydrogen) atoms. The molecule has 0 aliphatic heterocycles. The molecule has 2 aromatic carbocycles. The molecule has 0 heterocycles. The number of hydrogen-bond acceptors (Lipinski definition) is 4. The van der Waals surface area contributed by atoms with Gasteiger partial charge in [0.15, 0.2) is 11.6 Å². The number of carbonyl (C=O) groups is 3. The Kier molecular flexibility index (Phi) is 3.62. The molecule has 1 aliphatic carbocycles. The molecule has 1 aliphatic rings. The van der Waals surface area contributed by atoms with Crippen LogP contribution in [0.2, 0.25) is 0 Å². The third-order valence-electron chi connectivity index (χ3n) is 3.79. The topological polar surface area (TPSA) is 77.2 Å². The molecule has 0 saturated carbocycles. The van der Waals surface area contributed by atoms with E-state index in [0.29, 0.717) is 11.1 Å². The Balaban J connectivity index is 2.18. The summed E-state index contributed by atoms with van der Waals surface area (Å²) in [6.07, 6.45) is 0. The van der Waals surface area contributed by atoms with E-state index in [1.807, 2.05) is 0 Å². The Morgan fingerprint density at radius 1 is 1.00 bits per heavy atom. The first kappa shape index (κ1) is 15.2. The minimum absolute atomic E-state index is 0.0859. The van der Waals surface area contributed by atoms with Crippen molar-refractivity contribution in [1.29, 1.82) is 0 Å². The van der Waals surface area contributed by atoms with Gasteiger partial charge in [-0.2, -0.15) is 0 Å². The molecule has 114 valence electrons. The molecule has 0 amide bonds. The number of nitrogen functional groups attached to an aromatic ring is 1. The van der Waals surface area contributed by atoms with Crippen LogP contribution in [0.4, 0.5) is 5.69 Å². The van der Waals surface area contributed by atoms with Crippen molar-refractivity contribution in [2.75, 3.05) is 5.73 Å². The van der Waals surface area contributed by atoms with Gasteiger partial charge in [-0.3, -0.25) is 14.4 Å². The maximum absolute atomic E-state index is 12.8. The van der Waals surface area contributed by atoms with Crippen molar-refractivity contribution < 1.29 is 14.4 Å². The number of allylic oxidation sites excluding steroid dienone is 2. The zero-order valence-electron chi connectivity index (χ0n) is 12.2. The number of rotatable bonds is 2. The lowest BCUT2D eigenvalue weighted by atomic mass is 9.85. The normalized spacial score (nSPS) is 14.0. The second kappa shape index (κ2) is 5.48. The van der Waals surface area contributed by atoms with Crippen molar-refractivity contribution in [2.45, 2.75) is 6.92 Å². The van der Waals surface area contributed by atoms with E-state index >= 15 is 0 Å². The first-order valence-corrected chi connectivity index (χ1v) is 7.28. The van der Waals surface area contributed by atoms with Gasteiger partial charge in [0.25, 0.3) is 0 Å². The van der Waals surface area contributed by atoms with E-state index < -0.39 is 11.6 Å². The van der Waals surface area contributed by atoms with E-state index in [1.165, 1.54) is 13.0 Å². The van der Waals surface area contributed by atoms with Gasteiger partial charge in [-0.05, 0) is 18.6 Å². The SMILES string of the molecule is CC(=O)c1ccc(C2=C(Cl)C(=O)c3cccc(N)c3C2=O)cc1. The molecule has 4 nitrogen and oxygen atoms in total. The van der Waals surface area contributed by atoms with Crippen LogP contribution in [0.3, 0.4) is 0 Å². The number of halogens is 1. The molecule has 0 fully saturated rings. The number of fused-ring (bicyclic) bond motifs is 1. The van der Waals surface area contributed by atoms with Crippen LogP contribution in [0.15, 0.2) is 47.5 Å². The summed E-state index contributed by atoms with van der Waals surface area (Å²) in [4.78, 5) is 36.5. The summed E-state index contributed by atoms with van der Waals surface area (Å²) in [6.45, 7) is 1.45. The van der Waals surface area contributed by atoms with Crippen molar-refractivity contribution >= 4 is 40.2 Å². The van der Waals surface area contributed by atoms with Crippen LogP contribution in [0, 0.1) is 0 Å². The Bertz CT molecular complexity index is 895. The van der Waals surface area contributed by atoms with Crippen LogP contribution in [0.5, 0.6) is 0 Å². The molecule has 0 atom stereocenters. The van der Waals surface area contributed by atoms with E-state index in [4.69, 9.17) is 17.3 Å². The van der Waals surface area contributed by atoms with E-state index in [2.05, 4.69) is 0 Å². The van der Waals surface area contributed by atoms with Crippen molar-refractivity contribution in [3.63, 3.8) is 0 Å². The molecule has 0 spiro atoms. The molecule has 5 heteroatoms. The summed E-state index contributed by atoms with van der Waals surface area (Å²) in [5.74, 6) is -0.908. The van der Waals surface area contributed by atoms with Crippen LogP contribution in [0.1, 0.15) is 43.6 Å². The van der Waals surface area contributed by atoms with Gasteiger partial charge in [-0.25, -0.2) is 0 Å². The van der Waals surface area contributed by atoms with Crippen LogP contribution < -0.4 is 5.73 Å². The monoisotopic (exact) mass is 325 g/mol. The van der Waals surface area contributed by atoms with Crippen LogP contribution in [-0.4, -0.2) is 17.3 Å². The molecular weight excluding hydrogens is 314 g/mol. The van der Waals surface area contributed by atoms with Crippen LogP contribution >= 0.6 is 11.6 Å². The Hall–Kier alpha value is -2.72. The summed E-state index contributed by atoms with van der Waals surface area (Å²) in [7, 11) is 0. The molecule has 2 N–H and O–H groups in total. The van der Waals surface area contributed by atoms with E-state index in [9.17, 15) is 14.4 Å². The van der Waals surface area contributed by atoms with Gasteiger partial charge in [0.2, 0.25) is 5.78 Å². The Morgan fingerprint density at radius 2 is 1.65 bits per heavy atom. The fourth-order valence-electron chi connectivity index (χ4n) is 2.60. The number of anilines is 1. The van der Waals surface area contributed by atoms with Gasteiger partial charge in [-0.15, -0.1) is 0 Å².